The number of nitrogens with one attached hydrogen (secondary N) is 6. The second-order valence-corrected chi connectivity index (χ2v) is 37.0. The van der Waals surface area contributed by atoms with Crippen LogP contribution in [0.1, 0.15) is 89.8 Å². The van der Waals surface area contributed by atoms with E-state index < -0.39 is 53.9 Å². The summed E-state index contributed by atoms with van der Waals surface area (Å²) in [5.41, 5.74) is 15.2. The van der Waals surface area contributed by atoms with E-state index in [9.17, 15) is 44.3 Å². The van der Waals surface area contributed by atoms with Gasteiger partial charge in [0, 0.05) is 173 Å². The molecule has 24 nitrogen and oxygen atoms in total. The Morgan fingerprint density at radius 3 is 1.38 bits per heavy atom. The summed E-state index contributed by atoms with van der Waals surface area (Å²) in [6.45, 7) is 20.7. The molecule has 0 aliphatic carbocycles. The predicted octanol–water partition coefficient (Wildman–Crippen LogP) is 11.4. The Balaban J connectivity index is 0.000000195. The Morgan fingerprint density at radius 1 is 0.557 bits per heavy atom. The zero-order valence-electron chi connectivity index (χ0n) is 54.0. The van der Waals surface area contributed by atoms with Crippen LogP contribution in [0.5, 0.6) is 0 Å². The van der Waals surface area contributed by atoms with E-state index in [4.69, 9.17) is 9.47 Å². The first-order valence-electron chi connectivity index (χ1n) is 31.4. The summed E-state index contributed by atoms with van der Waals surface area (Å²) >= 11 is 0. The number of hydrogen-bond acceptors (Lipinski definition) is 18. The van der Waals surface area contributed by atoms with Crippen molar-refractivity contribution in [2.24, 2.45) is 5.73 Å². The van der Waals surface area contributed by atoms with Crippen molar-refractivity contribution in [2.45, 2.75) is 169 Å². The fraction of sp³-hybridized carbons (Fsp3) is 0.548. The van der Waals surface area contributed by atoms with E-state index in [-0.39, 0.29) is 34.5 Å². The summed E-state index contributed by atoms with van der Waals surface area (Å²) in [7, 11) is -2.24. The van der Waals surface area contributed by atoms with Crippen LogP contribution in [0.3, 0.4) is 0 Å². The zero-order chi connectivity index (χ0) is 68.1. The number of carbonyl (C=O) groups excluding carboxylic acids is 1. The van der Waals surface area contributed by atoms with E-state index >= 15 is 0 Å². The monoisotopic (exact) mass is 1400 g/mol. The first-order chi connectivity index (χ1) is 45.1. The molecular weight excluding hydrogens is 1310 g/mol. The van der Waals surface area contributed by atoms with E-state index in [2.05, 4.69) is 136 Å². The second-order valence-electron chi connectivity index (χ2n) is 25.8. The molecule has 35 heteroatoms. The van der Waals surface area contributed by atoms with Crippen molar-refractivity contribution in [3.63, 3.8) is 0 Å². The number of ether oxygens (including phenoxy) is 2. The lowest BCUT2D eigenvalue weighted by Gasteiger charge is -2.28. The average Bonchev–Trinajstić information content (AvgIpc) is 1.69. The van der Waals surface area contributed by atoms with Gasteiger partial charge in [0.05, 0.1) is 46.8 Å². The lowest BCUT2D eigenvalue weighted by atomic mass is 10.0. The predicted molar refractivity (Wildman–Crippen MR) is 361 cm³/mol. The molecule has 0 bridgehead atoms. The average molecular weight is 1400 g/mol. The van der Waals surface area contributed by atoms with Gasteiger partial charge < -0.3 is 54.7 Å². The molecule has 9 aromatic rings. The highest BCUT2D eigenvalue weighted by molar-refractivity contribution is 6.76. The highest BCUT2D eigenvalue weighted by Crippen LogP contribution is 2.33. The number of nitrogens with zero attached hydrogens (tertiary/aromatic N) is 14. The Morgan fingerprint density at radius 2 is 0.969 bits per heavy atom. The van der Waals surface area contributed by atoms with Gasteiger partial charge in [-0.05, 0) is 30.3 Å². The number of fused-ring (bicyclic) bond motifs is 6. The number of halogens is 9. The van der Waals surface area contributed by atoms with Crippen molar-refractivity contribution in [3.8, 4) is 0 Å². The Hall–Kier alpha value is -7.84. The van der Waals surface area contributed by atoms with E-state index in [1.54, 1.807) is 12.7 Å². The molecule has 12 heterocycles. The topological polar surface area (TPSA) is 284 Å². The van der Waals surface area contributed by atoms with Gasteiger partial charge in [-0.15, -0.1) is 0 Å². The summed E-state index contributed by atoms with van der Waals surface area (Å²) < 4.78 is 123. The summed E-state index contributed by atoms with van der Waals surface area (Å²) in [4.78, 5) is 47.5. The van der Waals surface area contributed by atoms with Gasteiger partial charge in [-0.25, -0.2) is 29.9 Å². The van der Waals surface area contributed by atoms with Crippen LogP contribution in [0.15, 0.2) is 55.8 Å². The minimum atomic E-state index is -4.16. The van der Waals surface area contributed by atoms with E-state index in [1.165, 1.54) is 6.33 Å². The standard InChI is InChI=1S/C22H32F3N7OSi.C19H26N6O2Si.C16H18F3N7.C3H6F3N.2CH4/c1-34(2,3)11-10-33-15-32-8-4-16-20(27-14-28-21(16)32)31-9-5-18-17(13-31)19(30-29-18)12-26-7-6-22(23,24)25;1-28(2,3)9-8-27-13-25-6-4-14-18(20-12-21-19(14)25)24-7-5-16-15(10-24)17(11-26)23-22-16;17-16(18,19)3-5-20-7-13-11-8-26(6-2-12(11)24-25-13)15-10-1-4-21-14(10)22-9-23-15;4-3(5,6)1-2-7;;/h4,8,14,26H,5-7,9-13,15H2,1-3H3,(H,29,30);4,6,11-12H,5,7-10,13H2,1-3H3,(H,22,23);1,4,9,20H,2-3,5-8H2,(H,24,25)(H,21,22,23);1-2,7H2;2*1H4. The number of nitrogens with two attached hydrogens (primary N) is 1. The smallest absolute Gasteiger partial charge is 0.361 e. The summed E-state index contributed by atoms with van der Waals surface area (Å²) in [5.74, 6) is 2.57. The van der Waals surface area contributed by atoms with Crippen molar-refractivity contribution in [2.75, 3.05) is 67.2 Å². The number of aromatic nitrogens is 15. The summed E-state index contributed by atoms with van der Waals surface area (Å²) in [6, 6.07) is 8.25. The molecule has 0 saturated carbocycles. The quantitative estimate of drug-likeness (QED) is 0.0136. The third-order valence-corrected chi connectivity index (χ3v) is 19.5. The number of anilines is 3. The molecule has 0 radical (unpaired) electrons. The number of rotatable bonds is 23. The SMILES string of the molecule is C.C.C[Si](C)(C)CCOCn1ccc2c(N3CCc4[nH]nc(C=O)c4C3)ncnc21.C[Si](C)(C)CCOCn1ccc2c(N3CCc4[nH]nc(CNCCC(F)(F)F)c4C3)ncnc21.FC(F)(F)CCNCc1n[nH]c2c1CN(c1ncnc3[nH]ccc13)CC2.NCCC(F)(F)F. The van der Waals surface area contributed by atoms with Gasteiger partial charge in [0.15, 0.2) is 6.29 Å². The fourth-order valence-electron chi connectivity index (χ4n) is 10.9. The molecule has 0 aromatic carbocycles. The van der Waals surface area contributed by atoms with Crippen LogP contribution in [-0.2, 0) is 74.9 Å². The van der Waals surface area contributed by atoms with Crippen LogP contribution in [0.2, 0.25) is 51.4 Å². The van der Waals surface area contributed by atoms with E-state index in [0.29, 0.717) is 51.9 Å². The number of aromatic amines is 4. The van der Waals surface area contributed by atoms with Crippen LogP contribution in [-0.4, -0.2) is 168 Å². The molecule has 9 aromatic heterocycles. The summed E-state index contributed by atoms with van der Waals surface area (Å²) in [5, 5.41) is 30.3. The van der Waals surface area contributed by atoms with Crippen molar-refractivity contribution in [3.05, 3.63) is 107 Å². The number of H-pyrrole nitrogens is 4. The van der Waals surface area contributed by atoms with E-state index in [1.807, 2.05) is 45.9 Å². The van der Waals surface area contributed by atoms with Crippen LogP contribution in [0, 0.1) is 0 Å². The molecular formula is C62H90F9N21O3Si2. The van der Waals surface area contributed by atoms with Gasteiger partial charge in [-0.2, -0.15) is 54.8 Å². The van der Waals surface area contributed by atoms with Crippen molar-refractivity contribution < 1.29 is 53.8 Å². The third kappa shape index (κ3) is 21.6. The number of alkyl halides is 9. The Kier molecular flexibility index (Phi) is 26.5. The zero-order valence-corrected chi connectivity index (χ0v) is 56.0. The minimum Gasteiger partial charge on any atom is -0.361 e. The van der Waals surface area contributed by atoms with Crippen molar-refractivity contribution in [1.82, 2.24) is 85.2 Å². The molecule has 0 atom stereocenters. The molecule has 3 aliphatic rings. The molecule has 97 heavy (non-hydrogen) atoms. The summed E-state index contributed by atoms with van der Waals surface area (Å²) in [6.07, 6.45) is -1.33. The molecule has 0 unspecified atom stereocenters. The molecule has 8 N–H and O–H groups in total. The van der Waals surface area contributed by atoms with E-state index in [0.717, 1.165) is 166 Å². The molecule has 0 saturated heterocycles. The molecule has 532 valence electrons. The van der Waals surface area contributed by atoms with Crippen LogP contribution >= 0.6 is 0 Å². The lowest BCUT2D eigenvalue weighted by molar-refractivity contribution is -0.134. The minimum absolute atomic E-state index is 0. The number of carbonyl (C=O) groups is 1. The van der Waals surface area contributed by atoms with Crippen molar-refractivity contribution in [1.29, 1.82) is 0 Å². The molecule has 0 fully saturated rings. The highest BCUT2D eigenvalue weighted by atomic mass is 28.3. The molecule has 0 amide bonds. The third-order valence-electron chi connectivity index (χ3n) is 16.1. The van der Waals surface area contributed by atoms with Gasteiger partial charge >= 0.3 is 18.5 Å². The second kappa shape index (κ2) is 33.6. The lowest BCUT2D eigenvalue weighted by Crippen LogP contribution is -2.32. The number of aldehydes is 1. The highest BCUT2D eigenvalue weighted by Gasteiger charge is 2.31. The molecule has 0 spiro atoms. The van der Waals surface area contributed by atoms with Crippen LogP contribution < -0.4 is 31.1 Å². The van der Waals surface area contributed by atoms with Crippen molar-refractivity contribution >= 4 is 73.0 Å². The van der Waals surface area contributed by atoms with Gasteiger partial charge in [0.25, 0.3) is 0 Å². The fourth-order valence-corrected chi connectivity index (χ4v) is 12.4. The maximum absolute atomic E-state index is 12.4. The largest absolute Gasteiger partial charge is 0.390 e. The first-order valence-corrected chi connectivity index (χ1v) is 38.8. The number of hydrogen-bond donors (Lipinski definition) is 7. The Labute approximate surface area is 558 Å². The maximum Gasteiger partial charge on any atom is 0.390 e. The van der Waals surface area contributed by atoms with Gasteiger partial charge in [-0.1, -0.05) is 54.1 Å². The Bertz CT molecular complexity index is 3920. The maximum atomic E-state index is 12.4. The molecule has 12 rings (SSSR count). The molecule has 3 aliphatic heterocycles. The van der Waals surface area contributed by atoms with Gasteiger partial charge in [-0.3, -0.25) is 20.1 Å². The van der Waals surface area contributed by atoms with Gasteiger partial charge in [0.2, 0.25) is 0 Å². The van der Waals surface area contributed by atoms with Crippen LogP contribution in [0.25, 0.3) is 33.1 Å². The van der Waals surface area contributed by atoms with Crippen LogP contribution in [0.4, 0.5) is 57.0 Å². The van der Waals surface area contributed by atoms with Gasteiger partial charge in [0.1, 0.15) is 72.5 Å². The normalized spacial score (nSPS) is 14.2. The first kappa shape index (κ1) is 76.5.